The highest BCUT2D eigenvalue weighted by molar-refractivity contribution is 7.78. The van der Waals surface area contributed by atoms with Gasteiger partial charge in [-0.1, -0.05) is 30.3 Å². The molecule has 1 aromatic carbocycles. The van der Waals surface area contributed by atoms with Gasteiger partial charge in [0.05, 0.1) is 10.3 Å². The highest BCUT2D eigenvalue weighted by Gasteiger charge is 2.23. The second-order valence-electron chi connectivity index (χ2n) is 2.79. The lowest BCUT2D eigenvalue weighted by Gasteiger charge is -2.17. The van der Waals surface area contributed by atoms with E-state index in [9.17, 15) is 0 Å². The van der Waals surface area contributed by atoms with Gasteiger partial charge in [-0.2, -0.15) is 9.98 Å². The van der Waals surface area contributed by atoms with Gasteiger partial charge in [0.2, 0.25) is 0 Å². The van der Waals surface area contributed by atoms with Crippen LogP contribution in [0.5, 0.6) is 0 Å². The maximum atomic E-state index is 4.58. The minimum absolute atomic E-state index is 0.787. The van der Waals surface area contributed by atoms with E-state index < -0.39 is 5.66 Å². The smallest absolute Gasteiger partial charge is 0.192 e. The normalized spacial score (nSPS) is 13.2. The molecular weight excluding hydrogens is 212 g/mol. The van der Waals surface area contributed by atoms with Crippen LogP contribution in [0.1, 0.15) is 12.5 Å². The minimum atomic E-state index is -0.787. The molecule has 0 fully saturated rings. The van der Waals surface area contributed by atoms with Gasteiger partial charge in [0, 0.05) is 5.56 Å². The zero-order chi connectivity index (χ0) is 10.4. The molecule has 0 spiro atoms. The summed E-state index contributed by atoms with van der Waals surface area (Å²) in [5.74, 6) is 0. The molecule has 0 saturated carbocycles. The van der Waals surface area contributed by atoms with Crippen LogP contribution in [-0.4, -0.2) is 10.3 Å². The van der Waals surface area contributed by atoms with Crippen LogP contribution in [0, 0.1) is 0 Å². The van der Waals surface area contributed by atoms with E-state index in [2.05, 4.69) is 44.7 Å². The lowest BCUT2D eigenvalue weighted by Crippen LogP contribution is -2.15. The molecule has 1 aromatic rings. The van der Waals surface area contributed by atoms with Gasteiger partial charge in [-0.25, -0.2) is 0 Å². The van der Waals surface area contributed by atoms with Gasteiger partial charge in [0.15, 0.2) is 5.66 Å². The lowest BCUT2D eigenvalue weighted by atomic mass is 10.0. The van der Waals surface area contributed by atoms with Gasteiger partial charge >= 0.3 is 0 Å². The van der Waals surface area contributed by atoms with E-state index in [1.807, 2.05) is 30.3 Å². The molecule has 0 aromatic heterocycles. The Morgan fingerprint density at radius 2 is 1.57 bits per heavy atom. The second kappa shape index (κ2) is 4.89. The topological polar surface area (TPSA) is 24.7 Å². The molecule has 0 heterocycles. The fourth-order valence-electron chi connectivity index (χ4n) is 1.09. The van der Waals surface area contributed by atoms with Crippen LogP contribution in [0.3, 0.4) is 0 Å². The third-order valence-corrected chi connectivity index (χ3v) is 2.03. The molecule has 0 aliphatic rings. The van der Waals surface area contributed by atoms with Crippen LogP contribution < -0.4 is 0 Å². The minimum Gasteiger partial charge on any atom is -0.196 e. The summed E-state index contributed by atoms with van der Waals surface area (Å²) in [6, 6.07) is 9.56. The molecule has 0 aliphatic carbocycles. The third kappa shape index (κ3) is 2.41. The Bertz CT molecular complexity index is 383. The highest BCUT2D eigenvalue weighted by atomic mass is 32.1. The molecule has 0 bridgehead atoms. The van der Waals surface area contributed by atoms with Crippen LogP contribution in [0.4, 0.5) is 0 Å². The Morgan fingerprint density at radius 1 is 1.07 bits per heavy atom. The number of aliphatic imine (C=N–C) groups is 2. The van der Waals surface area contributed by atoms with Crippen molar-refractivity contribution in [2.45, 2.75) is 12.6 Å². The quantitative estimate of drug-likeness (QED) is 0.577. The molecule has 0 aliphatic heterocycles. The van der Waals surface area contributed by atoms with Crippen molar-refractivity contribution >= 4 is 34.8 Å². The molecule has 0 amide bonds. The van der Waals surface area contributed by atoms with E-state index >= 15 is 0 Å². The summed E-state index contributed by atoms with van der Waals surface area (Å²) < 4.78 is 0. The number of benzene rings is 1. The standard InChI is InChI=1S/C10H8N2S2/c1-10(11-7-13,12-8-14)9-5-3-2-4-6-9/h2-6H,1H3. The Hall–Kier alpha value is -1.18. The molecule has 1 rings (SSSR count). The summed E-state index contributed by atoms with van der Waals surface area (Å²) in [4.78, 5) is 7.97. The summed E-state index contributed by atoms with van der Waals surface area (Å²) in [5, 5.41) is 4.64. The largest absolute Gasteiger partial charge is 0.196 e. The zero-order valence-corrected chi connectivity index (χ0v) is 9.23. The van der Waals surface area contributed by atoms with Crippen LogP contribution in [-0.2, 0) is 5.66 Å². The average molecular weight is 220 g/mol. The summed E-state index contributed by atoms with van der Waals surface area (Å²) >= 11 is 9.15. The molecule has 0 saturated heterocycles. The number of isothiocyanates is 2. The fraction of sp³-hybridized carbons (Fsp3) is 0.200. The number of rotatable bonds is 3. The molecule has 0 atom stereocenters. The van der Waals surface area contributed by atoms with Crippen LogP contribution >= 0.6 is 24.4 Å². The molecule has 4 heteroatoms. The van der Waals surface area contributed by atoms with E-state index in [1.54, 1.807) is 6.92 Å². The van der Waals surface area contributed by atoms with Crippen molar-refractivity contribution in [1.29, 1.82) is 0 Å². The molecule has 2 nitrogen and oxygen atoms in total. The predicted octanol–water partition coefficient (Wildman–Crippen LogP) is 3.06. The molecule has 0 unspecified atom stereocenters. The van der Waals surface area contributed by atoms with Gasteiger partial charge in [0.25, 0.3) is 0 Å². The molecule has 14 heavy (non-hydrogen) atoms. The van der Waals surface area contributed by atoms with Gasteiger partial charge in [-0.15, -0.1) is 0 Å². The van der Waals surface area contributed by atoms with Crippen molar-refractivity contribution in [3.63, 3.8) is 0 Å². The first-order valence-corrected chi connectivity index (χ1v) is 4.78. The van der Waals surface area contributed by atoms with E-state index in [0.29, 0.717) is 0 Å². The maximum absolute atomic E-state index is 4.58. The lowest BCUT2D eigenvalue weighted by molar-refractivity contribution is 0.536. The van der Waals surface area contributed by atoms with Crippen molar-refractivity contribution in [1.82, 2.24) is 0 Å². The van der Waals surface area contributed by atoms with Crippen LogP contribution in [0.15, 0.2) is 40.3 Å². The first kappa shape index (κ1) is 10.9. The number of thiocarbonyl (C=S) groups is 2. The average Bonchev–Trinajstić information content (AvgIpc) is 2.20. The van der Waals surface area contributed by atoms with E-state index in [0.717, 1.165) is 5.56 Å². The monoisotopic (exact) mass is 220 g/mol. The Balaban J connectivity index is 3.25. The SMILES string of the molecule is CC(N=C=S)(N=C=S)c1ccccc1. The molecule has 0 radical (unpaired) electrons. The Kier molecular flexibility index (Phi) is 3.81. The van der Waals surface area contributed by atoms with Crippen LogP contribution in [0.2, 0.25) is 0 Å². The summed E-state index contributed by atoms with van der Waals surface area (Å²) in [6.07, 6.45) is 0. The molecular formula is C10H8N2S2. The molecule has 0 N–H and O–H groups in total. The first-order valence-electron chi connectivity index (χ1n) is 3.96. The summed E-state index contributed by atoms with van der Waals surface area (Å²) in [6.45, 7) is 1.81. The Labute approximate surface area is 93.4 Å². The first-order chi connectivity index (χ1) is 6.73. The van der Waals surface area contributed by atoms with E-state index in [1.165, 1.54) is 0 Å². The van der Waals surface area contributed by atoms with E-state index in [4.69, 9.17) is 0 Å². The van der Waals surface area contributed by atoms with Crippen molar-refractivity contribution in [2.75, 3.05) is 0 Å². The van der Waals surface area contributed by atoms with E-state index in [-0.39, 0.29) is 0 Å². The summed E-state index contributed by atoms with van der Waals surface area (Å²) in [7, 11) is 0. The number of hydrogen-bond donors (Lipinski definition) is 0. The maximum Gasteiger partial charge on any atom is 0.192 e. The zero-order valence-electron chi connectivity index (χ0n) is 7.60. The highest BCUT2D eigenvalue weighted by Crippen LogP contribution is 2.25. The van der Waals surface area contributed by atoms with Crippen molar-refractivity contribution < 1.29 is 0 Å². The summed E-state index contributed by atoms with van der Waals surface area (Å²) in [5.41, 5.74) is 0.125. The second-order valence-corrected chi connectivity index (χ2v) is 3.16. The molecule has 70 valence electrons. The number of hydrogen-bond acceptors (Lipinski definition) is 4. The Morgan fingerprint density at radius 3 is 2.00 bits per heavy atom. The van der Waals surface area contributed by atoms with Gasteiger partial charge in [0.1, 0.15) is 0 Å². The van der Waals surface area contributed by atoms with Crippen LogP contribution in [0.25, 0.3) is 0 Å². The van der Waals surface area contributed by atoms with Gasteiger partial charge in [-0.05, 0) is 31.4 Å². The third-order valence-electron chi connectivity index (χ3n) is 1.85. The van der Waals surface area contributed by atoms with Crippen molar-refractivity contribution in [2.24, 2.45) is 9.98 Å². The van der Waals surface area contributed by atoms with Gasteiger partial charge in [-0.3, -0.25) is 0 Å². The van der Waals surface area contributed by atoms with Crippen molar-refractivity contribution in [3.8, 4) is 0 Å². The van der Waals surface area contributed by atoms with Gasteiger partial charge < -0.3 is 0 Å². The number of nitrogens with zero attached hydrogens (tertiary/aromatic N) is 2. The fourth-order valence-corrected chi connectivity index (χ4v) is 1.44. The predicted molar refractivity (Wildman–Crippen MR) is 63.8 cm³/mol. The van der Waals surface area contributed by atoms with Crippen molar-refractivity contribution in [3.05, 3.63) is 35.9 Å².